The molecule has 2 nitrogen and oxygen atoms in total. The van der Waals surface area contributed by atoms with Crippen molar-refractivity contribution in [3.8, 4) is 6.07 Å². The van der Waals surface area contributed by atoms with E-state index in [9.17, 15) is 0 Å². The summed E-state index contributed by atoms with van der Waals surface area (Å²) >= 11 is 5.89. The molecule has 1 aromatic carbocycles. The van der Waals surface area contributed by atoms with Crippen molar-refractivity contribution in [2.75, 3.05) is 18.0 Å². The van der Waals surface area contributed by atoms with E-state index in [1.807, 2.05) is 12.1 Å². The Balaban J connectivity index is 2.24. The van der Waals surface area contributed by atoms with Crippen molar-refractivity contribution in [2.45, 2.75) is 19.8 Å². The smallest absolute Gasteiger partial charge is 0.101 e. The highest BCUT2D eigenvalue weighted by atomic mass is 35.5. The second kappa shape index (κ2) is 4.76. The van der Waals surface area contributed by atoms with Gasteiger partial charge in [-0.15, -0.1) is 0 Å². The molecule has 3 heteroatoms. The molecule has 1 aliphatic heterocycles. The first kappa shape index (κ1) is 11.3. The van der Waals surface area contributed by atoms with E-state index in [-0.39, 0.29) is 0 Å². The number of benzene rings is 1. The lowest BCUT2D eigenvalue weighted by Gasteiger charge is -2.32. The number of piperidine rings is 1. The van der Waals surface area contributed by atoms with Gasteiger partial charge in [0.25, 0.3) is 0 Å². The van der Waals surface area contributed by atoms with Crippen molar-refractivity contribution in [1.29, 1.82) is 5.26 Å². The van der Waals surface area contributed by atoms with Crippen LogP contribution in [0.15, 0.2) is 18.2 Å². The molecule has 0 unspecified atom stereocenters. The zero-order chi connectivity index (χ0) is 11.5. The molecule has 1 aliphatic rings. The maximum absolute atomic E-state index is 9.09. The number of nitriles is 1. The SMILES string of the molecule is CC1CCN(c2ccc(Cl)cc2C#N)CC1. The molecule has 0 aromatic heterocycles. The van der Waals surface area contributed by atoms with Gasteiger partial charge < -0.3 is 4.90 Å². The van der Waals surface area contributed by atoms with E-state index in [1.165, 1.54) is 12.8 Å². The molecular formula is C13H15ClN2. The molecule has 0 amide bonds. The van der Waals surface area contributed by atoms with Crippen LogP contribution in [0, 0.1) is 17.2 Å². The molecule has 16 heavy (non-hydrogen) atoms. The van der Waals surface area contributed by atoms with E-state index in [2.05, 4.69) is 17.9 Å². The molecule has 0 N–H and O–H groups in total. The van der Waals surface area contributed by atoms with Crippen molar-refractivity contribution in [1.82, 2.24) is 0 Å². The molecule has 84 valence electrons. The Morgan fingerprint density at radius 3 is 2.69 bits per heavy atom. The zero-order valence-electron chi connectivity index (χ0n) is 9.41. The Labute approximate surface area is 101 Å². The van der Waals surface area contributed by atoms with Crippen LogP contribution in [0.1, 0.15) is 25.3 Å². The monoisotopic (exact) mass is 234 g/mol. The van der Waals surface area contributed by atoms with E-state index in [0.29, 0.717) is 10.6 Å². The second-order valence-corrected chi connectivity index (χ2v) is 4.88. The molecule has 1 aromatic rings. The number of nitrogens with zero attached hydrogens (tertiary/aromatic N) is 2. The minimum Gasteiger partial charge on any atom is -0.370 e. The van der Waals surface area contributed by atoms with Crippen LogP contribution in [-0.2, 0) is 0 Å². The number of hydrogen-bond donors (Lipinski definition) is 0. The lowest BCUT2D eigenvalue weighted by molar-refractivity contribution is 0.438. The quantitative estimate of drug-likeness (QED) is 0.744. The van der Waals surface area contributed by atoms with Gasteiger partial charge in [0.05, 0.1) is 11.3 Å². The average molecular weight is 235 g/mol. The molecule has 0 aliphatic carbocycles. The van der Waals surface area contributed by atoms with Crippen molar-refractivity contribution in [2.24, 2.45) is 5.92 Å². The summed E-state index contributed by atoms with van der Waals surface area (Å²) in [5.41, 5.74) is 1.71. The topological polar surface area (TPSA) is 27.0 Å². The van der Waals surface area contributed by atoms with Gasteiger partial charge in [0.2, 0.25) is 0 Å². The lowest BCUT2D eigenvalue weighted by Crippen LogP contribution is -2.33. The van der Waals surface area contributed by atoms with Gasteiger partial charge in [-0.1, -0.05) is 18.5 Å². The number of anilines is 1. The standard InChI is InChI=1S/C13H15ClN2/c1-10-4-6-16(7-5-10)13-3-2-12(14)8-11(13)9-15/h2-3,8,10H,4-7H2,1H3. The molecule has 0 spiro atoms. The van der Waals surface area contributed by atoms with Crippen LogP contribution in [-0.4, -0.2) is 13.1 Å². The van der Waals surface area contributed by atoms with Crippen LogP contribution >= 0.6 is 11.6 Å². The summed E-state index contributed by atoms with van der Waals surface area (Å²) in [7, 11) is 0. The van der Waals surface area contributed by atoms with Gasteiger partial charge in [0, 0.05) is 18.1 Å². The van der Waals surface area contributed by atoms with Crippen LogP contribution in [0.25, 0.3) is 0 Å². The third-order valence-corrected chi connectivity index (χ3v) is 3.44. The van der Waals surface area contributed by atoms with Gasteiger partial charge in [0.15, 0.2) is 0 Å². The molecule has 2 rings (SSSR count). The summed E-state index contributed by atoms with van der Waals surface area (Å²) in [6.07, 6.45) is 2.40. The molecule has 1 saturated heterocycles. The molecule has 1 heterocycles. The Bertz CT molecular complexity index is 414. The van der Waals surface area contributed by atoms with Gasteiger partial charge in [-0.3, -0.25) is 0 Å². The lowest BCUT2D eigenvalue weighted by atomic mass is 9.98. The fourth-order valence-corrected chi connectivity index (χ4v) is 2.30. The van der Waals surface area contributed by atoms with Gasteiger partial charge in [-0.2, -0.15) is 5.26 Å². The minimum absolute atomic E-state index is 0.630. The van der Waals surface area contributed by atoms with Crippen molar-refractivity contribution >= 4 is 17.3 Å². The Hall–Kier alpha value is -1.20. The predicted molar refractivity (Wildman–Crippen MR) is 66.8 cm³/mol. The predicted octanol–water partition coefficient (Wildman–Crippen LogP) is 3.45. The summed E-state index contributed by atoms with van der Waals surface area (Å²) in [4.78, 5) is 2.29. The van der Waals surface area contributed by atoms with Crippen LogP contribution in [0.5, 0.6) is 0 Å². The highest BCUT2D eigenvalue weighted by molar-refractivity contribution is 6.30. The summed E-state index contributed by atoms with van der Waals surface area (Å²) in [5, 5.41) is 9.72. The molecule has 0 bridgehead atoms. The fourth-order valence-electron chi connectivity index (χ4n) is 2.12. The molecular weight excluding hydrogens is 220 g/mol. The van der Waals surface area contributed by atoms with E-state index in [1.54, 1.807) is 6.07 Å². The van der Waals surface area contributed by atoms with Crippen LogP contribution in [0.4, 0.5) is 5.69 Å². The molecule has 1 fully saturated rings. The normalized spacial score (nSPS) is 17.2. The van der Waals surface area contributed by atoms with Gasteiger partial charge in [-0.25, -0.2) is 0 Å². The van der Waals surface area contributed by atoms with Crippen molar-refractivity contribution in [3.63, 3.8) is 0 Å². The summed E-state index contributed by atoms with van der Waals surface area (Å²) in [6.45, 7) is 4.36. The van der Waals surface area contributed by atoms with E-state index >= 15 is 0 Å². The number of hydrogen-bond acceptors (Lipinski definition) is 2. The highest BCUT2D eigenvalue weighted by Crippen LogP contribution is 2.27. The van der Waals surface area contributed by atoms with Crippen LogP contribution in [0.2, 0.25) is 5.02 Å². The first-order valence-corrected chi connectivity index (χ1v) is 6.03. The first-order valence-electron chi connectivity index (χ1n) is 5.65. The van der Waals surface area contributed by atoms with Crippen LogP contribution in [0.3, 0.4) is 0 Å². The fraction of sp³-hybridized carbons (Fsp3) is 0.462. The minimum atomic E-state index is 0.630. The van der Waals surface area contributed by atoms with E-state index < -0.39 is 0 Å². The molecule has 0 radical (unpaired) electrons. The van der Waals surface area contributed by atoms with Crippen molar-refractivity contribution in [3.05, 3.63) is 28.8 Å². The summed E-state index contributed by atoms with van der Waals surface area (Å²) in [5.74, 6) is 0.800. The first-order chi connectivity index (χ1) is 7.70. The number of halogens is 1. The summed E-state index contributed by atoms with van der Waals surface area (Å²) < 4.78 is 0. The molecule has 0 atom stereocenters. The van der Waals surface area contributed by atoms with Crippen molar-refractivity contribution < 1.29 is 0 Å². The maximum atomic E-state index is 9.09. The van der Waals surface area contributed by atoms with Crippen LogP contribution < -0.4 is 4.90 Å². The maximum Gasteiger partial charge on any atom is 0.101 e. The third-order valence-electron chi connectivity index (χ3n) is 3.20. The number of rotatable bonds is 1. The zero-order valence-corrected chi connectivity index (χ0v) is 10.2. The van der Waals surface area contributed by atoms with Gasteiger partial charge in [0.1, 0.15) is 6.07 Å². The largest absolute Gasteiger partial charge is 0.370 e. The van der Waals surface area contributed by atoms with Gasteiger partial charge in [-0.05, 0) is 37.0 Å². The second-order valence-electron chi connectivity index (χ2n) is 4.44. The average Bonchev–Trinajstić information content (AvgIpc) is 2.30. The van der Waals surface area contributed by atoms with E-state index in [4.69, 9.17) is 16.9 Å². The Kier molecular flexibility index (Phi) is 3.36. The molecule has 0 saturated carbocycles. The Morgan fingerprint density at radius 1 is 1.38 bits per heavy atom. The summed E-state index contributed by atoms with van der Waals surface area (Å²) in [6, 6.07) is 7.78. The third kappa shape index (κ3) is 2.31. The van der Waals surface area contributed by atoms with E-state index in [0.717, 1.165) is 24.7 Å². The highest BCUT2D eigenvalue weighted by Gasteiger charge is 2.18. The van der Waals surface area contributed by atoms with Gasteiger partial charge >= 0.3 is 0 Å². The Morgan fingerprint density at radius 2 is 2.06 bits per heavy atom.